The molecule has 1 heterocycles. The van der Waals surface area contributed by atoms with Crippen LogP contribution in [0.1, 0.15) is 19.8 Å². The predicted molar refractivity (Wildman–Crippen MR) is 78.6 cm³/mol. The largest absolute Gasteiger partial charge is 0.317 e. The van der Waals surface area contributed by atoms with Crippen molar-refractivity contribution in [1.29, 1.82) is 0 Å². The van der Waals surface area contributed by atoms with E-state index in [2.05, 4.69) is 5.32 Å². The first kappa shape index (κ1) is 15.9. The van der Waals surface area contributed by atoms with Gasteiger partial charge in [0.1, 0.15) is 0 Å². The molecule has 1 fully saturated rings. The Labute approximate surface area is 124 Å². The fourth-order valence-corrected chi connectivity index (χ4v) is 4.29. The van der Waals surface area contributed by atoms with E-state index in [-0.39, 0.29) is 16.6 Å². The maximum atomic E-state index is 12.7. The second kappa shape index (κ2) is 6.50. The third kappa shape index (κ3) is 3.39. The van der Waals surface area contributed by atoms with Gasteiger partial charge in [0, 0.05) is 24.7 Å². The molecule has 7 nitrogen and oxygen atoms in total. The minimum Gasteiger partial charge on any atom is -0.317 e. The zero-order valence-electron chi connectivity index (χ0n) is 11.9. The number of hydrogen-bond acceptors (Lipinski definition) is 5. The molecule has 1 aromatic rings. The van der Waals surface area contributed by atoms with Gasteiger partial charge in [0.2, 0.25) is 10.0 Å². The molecule has 1 saturated heterocycles. The molecule has 0 unspecified atom stereocenters. The monoisotopic (exact) mass is 313 g/mol. The lowest BCUT2D eigenvalue weighted by molar-refractivity contribution is -0.384. The Hall–Kier alpha value is -1.51. The van der Waals surface area contributed by atoms with E-state index in [1.54, 1.807) is 0 Å². The van der Waals surface area contributed by atoms with E-state index in [9.17, 15) is 18.5 Å². The highest BCUT2D eigenvalue weighted by atomic mass is 32.2. The molecule has 1 aliphatic rings. The number of nitro groups is 1. The van der Waals surface area contributed by atoms with E-state index in [4.69, 9.17) is 0 Å². The van der Waals surface area contributed by atoms with Crippen molar-refractivity contribution >= 4 is 15.7 Å². The van der Waals surface area contributed by atoms with E-state index in [0.29, 0.717) is 6.54 Å². The van der Waals surface area contributed by atoms with Crippen LogP contribution in [0.5, 0.6) is 0 Å². The number of nitro benzene ring substituents is 1. The van der Waals surface area contributed by atoms with Crippen LogP contribution in [-0.4, -0.2) is 43.3 Å². The molecule has 0 bridgehead atoms. The fraction of sp³-hybridized carbons (Fsp3) is 0.538. The van der Waals surface area contributed by atoms with Crippen LogP contribution in [0.15, 0.2) is 29.2 Å². The van der Waals surface area contributed by atoms with Gasteiger partial charge in [-0.3, -0.25) is 10.1 Å². The van der Waals surface area contributed by atoms with Crippen molar-refractivity contribution in [2.45, 2.75) is 30.7 Å². The van der Waals surface area contributed by atoms with Gasteiger partial charge < -0.3 is 5.32 Å². The second-order valence-electron chi connectivity index (χ2n) is 4.94. The molecule has 0 aliphatic carbocycles. The first-order chi connectivity index (χ1) is 9.96. The summed E-state index contributed by atoms with van der Waals surface area (Å²) in [5, 5.41) is 13.8. The first-order valence-corrected chi connectivity index (χ1v) is 8.38. The Kier molecular flexibility index (Phi) is 4.92. The van der Waals surface area contributed by atoms with Crippen LogP contribution >= 0.6 is 0 Å². The quantitative estimate of drug-likeness (QED) is 0.654. The molecule has 0 spiro atoms. The number of nitrogens with one attached hydrogen (secondary N) is 1. The van der Waals surface area contributed by atoms with Gasteiger partial charge in [-0.1, -0.05) is 6.92 Å². The Morgan fingerprint density at radius 1 is 1.29 bits per heavy atom. The van der Waals surface area contributed by atoms with Gasteiger partial charge in [-0.2, -0.15) is 4.31 Å². The Bertz CT molecular complexity index is 594. The molecule has 2 rings (SSSR count). The van der Waals surface area contributed by atoms with E-state index in [0.717, 1.165) is 25.9 Å². The number of benzene rings is 1. The number of sulfonamides is 1. The van der Waals surface area contributed by atoms with Crippen molar-refractivity contribution in [3.63, 3.8) is 0 Å². The van der Waals surface area contributed by atoms with E-state index < -0.39 is 14.9 Å². The van der Waals surface area contributed by atoms with Gasteiger partial charge in [-0.25, -0.2) is 8.42 Å². The maximum absolute atomic E-state index is 12.7. The minimum absolute atomic E-state index is 0.0172. The van der Waals surface area contributed by atoms with Gasteiger partial charge in [0.25, 0.3) is 5.69 Å². The van der Waals surface area contributed by atoms with Gasteiger partial charge in [0.05, 0.1) is 9.82 Å². The second-order valence-corrected chi connectivity index (χ2v) is 6.83. The molecular formula is C13H19N3O4S. The van der Waals surface area contributed by atoms with Crippen molar-refractivity contribution in [3.05, 3.63) is 34.4 Å². The third-order valence-electron chi connectivity index (χ3n) is 3.68. The Morgan fingerprint density at radius 2 is 1.86 bits per heavy atom. The predicted octanol–water partition coefficient (Wildman–Crippen LogP) is 1.36. The maximum Gasteiger partial charge on any atom is 0.269 e. The van der Waals surface area contributed by atoms with Crippen LogP contribution in [0.4, 0.5) is 5.69 Å². The van der Waals surface area contributed by atoms with Crippen molar-refractivity contribution in [3.8, 4) is 0 Å². The lowest BCUT2D eigenvalue weighted by Gasteiger charge is -2.32. The normalized spacial score (nSPS) is 17.0. The average Bonchev–Trinajstić information content (AvgIpc) is 2.49. The smallest absolute Gasteiger partial charge is 0.269 e. The average molecular weight is 313 g/mol. The van der Waals surface area contributed by atoms with Crippen LogP contribution in [0.3, 0.4) is 0 Å². The summed E-state index contributed by atoms with van der Waals surface area (Å²) in [5.41, 5.74) is -0.112. The van der Waals surface area contributed by atoms with Gasteiger partial charge >= 0.3 is 0 Å². The summed E-state index contributed by atoms with van der Waals surface area (Å²) in [5.74, 6) is 0. The lowest BCUT2D eigenvalue weighted by Crippen LogP contribution is -2.45. The zero-order valence-corrected chi connectivity index (χ0v) is 12.7. The SMILES string of the molecule is CCN(C1CCNCC1)S(=O)(=O)c1ccc([N+](=O)[O-])cc1. The van der Waals surface area contributed by atoms with E-state index >= 15 is 0 Å². The minimum atomic E-state index is -3.61. The summed E-state index contributed by atoms with van der Waals surface area (Å²) in [7, 11) is -3.61. The molecule has 116 valence electrons. The lowest BCUT2D eigenvalue weighted by atomic mass is 10.1. The summed E-state index contributed by atoms with van der Waals surface area (Å²) < 4.78 is 26.9. The molecular weight excluding hydrogens is 294 g/mol. The van der Waals surface area contributed by atoms with Gasteiger partial charge in [0.15, 0.2) is 0 Å². The van der Waals surface area contributed by atoms with Gasteiger partial charge in [-0.15, -0.1) is 0 Å². The number of hydrogen-bond donors (Lipinski definition) is 1. The van der Waals surface area contributed by atoms with Gasteiger partial charge in [-0.05, 0) is 38.1 Å². The summed E-state index contributed by atoms with van der Waals surface area (Å²) >= 11 is 0. The highest BCUT2D eigenvalue weighted by Gasteiger charge is 2.31. The first-order valence-electron chi connectivity index (χ1n) is 6.94. The van der Waals surface area contributed by atoms with Crippen LogP contribution in [0, 0.1) is 10.1 Å². The number of piperidine rings is 1. The molecule has 1 aliphatic heterocycles. The zero-order chi connectivity index (χ0) is 15.5. The number of nitrogens with zero attached hydrogens (tertiary/aromatic N) is 2. The Balaban J connectivity index is 2.27. The highest BCUT2D eigenvalue weighted by Crippen LogP contribution is 2.24. The number of rotatable bonds is 5. The van der Waals surface area contributed by atoms with Crippen molar-refractivity contribution in [1.82, 2.24) is 9.62 Å². The summed E-state index contributed by atoms with van der Waals surface area (Å²) in [6.45, 7) is 3.81. The standard InChI is InChI=1S/C13H19N3O4S/c1-2-15(11-7-9-14-10-8-11)21(19,20)13-5-3-12(4-6-13)16(17)18/h3-6,11,14H,2,7-10H2,1H3. The summed E-state index contributed by atoms with van der Waals surface area (Å²) in [6, 6.07) is 5.04. The van der Waals surface area contributed by atoms with Crippen LogP contribution < -0.4 is 5.32 Å². The fourth-order valence-electron chi connectivity index (χ4n) is 2.59. The third-order valence-corrected chi connectivity index (χ3v) is 5.72. The molecule has 0 atom stereocenters. The van der Waals surface area contributed by atoms with Crippen LogP contribution in [0.25, 0.3) is 0 Å². The number of non-ortho nitro benzene ring substituents is 1. The highest BCUT2D eigenvalue weighted by molar-refractivity contribution is 7.89. The van der Waals surface area contributed by atoms with E-state index in [1.807, 2.05) is 6.92 Å². The molecule has 0 saturated carbocycles. The molecule has 0 amide bonds. The van der Waals surface area contributed by atoms with Crippen LogP contribution in [0.2, 0.25) is 0 Å². The molecule has 1 N–H and O–H groups in total. The Morgan fingerprint density at radius 3 is 2.33 bits per heavy atom. The molecule has 21 heavy (non-hydrogen) atoms. The van der Waals surface area contributed by atoms with Crippen molar-refractivity contribution in [2.75, 3.05) is 19.6 Å². The summed E-state index contributed by atoms with van der Waals surface area (Å²) in [4.78, 5) is 10.2. The molecule has 1 aromatic carbocycles. The van der Waals surface area contributed by atoms with E-state index in [1.165, 1.54) is 28.6 Å². The molecule has 0 aromatic heterocycles. The topological polar surface area (TPSA) is 92.6 Å². The molecule has 8 heteroatoms. The van der Waals surface area contributed by atoms with Crippen molar-refractivity contribution < 1.29 is 13.3 Å². The molecule has 0 radical (unpaired) electrons. The van der Waals surface area contributed by atoms with Crippen molar-refractivity contribution in [2.24, 2.45) is 0 Å². The van der Waals surface area contributed by atoms with Crippen LogP contribution in [-0.2, 0) is 10.0 Å². The summed E-state index contributed by atoms with van der Waals surface area (Å²) in [6.07, 6.45) is 1.56.